The van der Waals surface area contributed by atoms with Crippen molar-refractivity contribution in [3.05, 3.63) is 65.1 Å². The van der Waals surface area contributed by atoms with Gasteiger partial charge in [-0.3, -0.25) is 0 Å². The molecule has 1 aromatic carbocycles. The number of nitrogen functional groups attached to an aromatic ring is 1. The highest BCUT2D eigenvalue weighted by Crippen LogP contribution is 2.19. The molecule has 3 nitrogen and oxygen atoms in total. The second-order valence-corrected chi connectivity index (χ2v) is 4.63. The summed E-state index contributed by atoms with van der Waals surface area (Å²) in [5, 5.41) is 0.772. The van der Waals surface area contributed by atoms with Crippen molar-refractivity contribution in [2.24, 2.45) is 0 Å². The molecule has 0 saturated carbocycles. The minimum atomic E-state index is 0.720. The van der Waals surface area contributed by atoms with Crippen LogP contribution in [0.5, 0.6) is 0 Å². The van der Waals surface area contributed by atoms with Crippen LogP contribution in [0.15, 0.2) is 48.8 Å². The second-order valence-electron chi connectivity index (χ2n) is 4.23. The van der Waals surface area contributed by atoms with Crippen LogP contribution in [0.4, 0.5) is 5.69 Å². The highest BCUT2D eigenvalue weighted by Gasteiger charge is 2.05. The van der Waals surface area contributed by atoms with E-state index in [1.54, 1.807) is 0 Å². The summed E-state index contributed by atoms with van der Waals surface area (Å²) in [6.07, 6.45) is 4.63. The van der Waals surface area contributed by atoms with Crippen molar-refractivity contribution >= 4 is 22.9 Å². The zero-order valence-corrected chi connectivity index (χ0v) is 10.4. The molecule has 0 unspecified atom stereocenters. The summed E-state index contributed by atoms with van der Waals surface area (Å²) in [5.74, 6) is 0. The lowest BCUT2D eigenvalue weighted by Crippen LogP contribution is -1.88. The fraction of sp³-hybridized carbons (Fsp3) is 0.0714. The SMILES string of the molecule is Nc1ccn2cc(Cc3ccccc3Cl)nc2c1. The maximum absolute atomic E-state index is 6.14. The third-order valence-corrected chi connectivity index (χ3v) is 3.23. The first-order valence-electron chi connectivity index (χ1n) is 5.69. The van der Waals surface area contributed by atoms with Crippen LogP contribution < -0.4 is 5.73 Å². The largest absolute Gasteiger partial charge is 0.399 e. The highest BCUT2D eigenvalue weighted by atomic mass is 35.5. The highest BCUT2D eigenvalue weighted by molar-refractivity contribution is 6.31. The van der Waals surface area contributed by atoms with Crippen molar-refractivity contribution in [2.75, 3.05) is 5.73 Å². The number of aromatic nitrogens is 2. The van der Waals surface area contributed by atoms with E-state index in [4.69, 9.17) is 17.3 Å². The van der Waals surface area contributed by atoms with E-state index in [0.29, 0.717) is 0 Å². The molecule has 0 aliphatic carbocycles. The van der Waals surface area contributed by atoms with E-state index in [1.807, 2.05) is 53.2 Å². The van der Waals surface area contributed by atoms with E-state index in [2.05, 4.69) is 4.98 Å². The lowest BCUT2D eigenvalue weighted by atomic mass is 10.1. The summed E-state index contributed by atoms with van der Waals surface area (Å²) in [4.78, 5) is 4.53. The minimum Gasteiger partial charge on any atom is -0.399 e. The van der Waals surface area contributed by atoms with Gasteiger partial charge in [0.1, 0.15) is 5.65 Å². The number of imidazole rings is 1. The summed E-state index contributed by atoms with van der Waals surface area (Å²) in [6, 6.07) is 11.5. The number of halogens is 1. The van der Waals surface area contributed by atoms with Crippen molar-refractivity contribution in [1.82, 2.24) is 9.38 Å². The molecule has 0 radical (unpaired) electrons. The van der Waals surface area contributed by atoms with Crippen LogP contribution in [-0.4, -0.2) is 9.38 Å². The number of pyridine rings is 1. The van der Waals surface area contributed by atoms with Gasteiger partial charge in [0, 0.05) is 35.6 Å². The van der Waals surface area contributed by atoms with E-state index in [0.717, 1.165) is 34.0 Å². The Labute approximate surface area is 110 Å². The number of anilines is 1. The molecule has 0 atom stereocenters. The molecule has 0 bridgehead atoms. The van der Waals surface area contributed by atoms with Gasteiger partial charge in [-0.2, -0.15) is 0 Å². The van der Waals surface area contributed by atoms with Crippen molar-refractivity contribution in [2.45, 2.75) is 6.42 Å². The van der Waals surface area contributed by atoms with Gasteiger partial charge in [-0.1, -0.05) is 29.8 Å². The Morgan fingerprint density at radius 1 is 1.22 bits per heavy atom. The molecule has 0 spiro atoms. The Morgan fingerprint density at radius 2 is 2.06 bits per heavy atom. The molecule has 18 heavy (non-hydrogen) atoms. The van der Waals surface area contributed by atoms with Crippen LogP contribution in [0.3, 0.4) is 0 Å². The van der Waals surface area contributed by atoms with E-state index < -0.39 is 0 Å². The van der Waals surface area contributed by atoms with Crippen LogP contribution in [0.25, 0.3) is 5.65 Å². The molecule has 4 heteroatoms. The molecule has 0 fully saturated rings. The number of benzene rings is 1. The Morgan fingerprint density at radius 3 is 2.89 bits per heavy atom. The molecule has 0 amide bonds. The summed E-state index contributed by atoms with van der Waals surface area (Å²) in [6.45, 7) is 0. The van der Waals surface area contributed by atoms with Gasteiger partial charge in [-0.15, -0.1) is 0 Å². The van der Waals surface area contributed by atoms with Crippen LogP contribution in [-0.2, 0) is 6.42 Å². The quantitative estimate of drug-likeness (QED) is 0.766. The van der Waals surface area contributed by atoms with Gasteiger partial charge < -0.3 is 10.1 Å². The molecule has 2 aromatic heterocycles. The van der Waals surface area contributed by atoms with Crippen LogP contribution >= 0.6 is 11.6 Å². The average molecular weight is 258 g/mol. The lowest BCUT2D eigenvalue weighted by Gasteiger charge is -2.00. The number of rotatable bonds is 2. The van der Waals surface area contributed by atoms with Gasteiger partial charge in [0.15, 0.2) is 0 Å². The van der Waals surface area contributed by atoms with Gasteiger partial charge in [-0.05, 0) is 17.7 Å². The first-order chi connectivity index (χ1) is 8.72. The number of nitrogens with zero attached hydrogens (tertiary/aromatic N) is 2. The third kappa shape index (κ3) is 2.05. The summed E-state index contributed by atoms with van der Waals surface area (Å²) in [7, 11) is 0. The average Bonchev–Trinajstić information content (AvgIpc) is 2.73. The van der Waals surface area contributed by atoms with Gasteiger partial charge in [-0.25, -0.2) is 4.98 Å². The third-order valence-electron chi connectivity index (χ3n) is 2.86. The minimum absolute atomic E-state index is 0.720. The monoisotopic (exact) mass is 257 g/mol. The number of nitrogens with two attached hydrogens (primary N) is 1. The van der Waals surface area contributed by atoms with Crippen LogP contribution in [0, 0.1) is 0 Å². The standard InChI is InChI=1S/C14H12ClN3/c15-13-4-2-1-3-10(13)7-12-9-18-6-5-11(16)8-14(18)17-12/h1-6,8-9H,7,16H2. The van der Waals surface area contributed by atoms with Crippen molar-refractivity contribution in [3.8, 4) is 0 Å². The summed E-state index contributed by atoms with van der Waals surface area (Å²) in [5.41, 5.74) is 9.37. The maximum Gasteiger partial charge on any atom is 0.139 e. The Balaban J connectivity index is 1.98. The molecule has 2 heterocycles. The van der Waals surface area contributed by atoms with E-state index >= 15 is 0 Å². The predicted molar refractivity (Wildman–Crippen MR) is 73.9 cm³/mol. The predicted octanol–water partition coefficient (Wildman–Crippen LogP) is 3.16. The van der Waals surface area contributed by atoms with E-state index in [-0.39, 0.29) is 0 Å². The van der Waals surface area contributed by atoms with Crippen LogP contribution in [0.2, 0.25) is 5.02 Å². The maximum atomic E-state index is 6.14. The van der Waals surface area contributed by atoms with Crippen LogP contribution in [0.1, 0.15) is 11.3 Å². The summed E-state index contributed by atoms with van der Waals surface area (Å²) < 4.78 is 1.96. The molecule has 90 valence electrons. The van der Waals surface area contributed by atoms with E-state index in [1.165, 1.54) is 0 Å². The van der Waals surface area contributed by atoms with Gasteiger partial charge in [0.05, 0.1) is 5.69 Å². The molecular formula is C14H12ClN3. The second kappa shape index (κ2) is 4.35. The number of hydrogen-bond acceptors (Lipinski definition) is 2. The normalized spacial score (nSPS) is 10.9. The Bertz CT molecular complexity index is 703. The molecular weight excluding hydrogens is 246 g/mol. The zero-order chi connectivity index (χ0) is 12.5. The van der Waals surface area contributed by atoms with E-state index in [9.17, 15) is 0 Å². The number of fused-ring (bicyclic) bond motifs is 1. The van der Waals surface area contributed by atoms with Gasteiger partial charge in [0.2, 0.25) is 0 Å². The van der Waals surface area contributed by atoms with Crippen molar-refractivity contribution in [1.29, 1.82) is 0 Å². The molecule has 3 rings (SSSR count). The first-order valence-corrected chi connectivity index (χ1v) is 6.07. The molecule has 0 aliphatic heterocycles. The fourth-order valence-corrected chi connectivity index (χ4v) is 2.17. The topological polar surface area (TPSA) is 43.3 Å². The molecule has 2 N–H and O–H groups in total. The molecule has 3 aromatic rings. The molecule has 0 aliphatic rings. The van der Waals surface area contributed by atoms with Gasteiger partial charge in [0.25, 0.3) is 0 Å². The smallest absolute Gasteiger partial charge is 0.139 e. The fourth-order valence-electron chi connectivity index (χ4n) is 1.97. The summed E-state index contributed by atoms with van der Waals surface area (Å²) >= 11 is 6.14. The number of hydrogen-bond donors (Lipinski definition) is 1. The first kappa shape index (κ1) is 11.1. The Kier molecular flexibility index (Phi) is 2.68. The van der Waals surface area contributed by atoms with Gasteiger partial charge >= 0.3 is 0 Å². The zero-order valence-electron chi connectivity index (χ0n) is 9.68. The molecule has 0 saturated heterocycles. The van der Waals surface area contributed by atoms with Crippen molar-refractivity contribution < 1.29 is 0 Å². The Hall–Kier alpha value is -2.00. The van der Waals surface area contributed by atoms with Crippen molar-refractivity contribution in [3.63, 3.8) is 0 Å². The lowest BCUT2D eigenvalue weighted by molar-refractivity contribution is 1.11.